The number of fused-ring (bicyclic) bond motifs is 1. The summed E-state index contributed by atoms with van der Waals surface area (Å²) in [6.45, 7) is 1.90. The lowest BCUT2D eigenvalue weighted by Gasteiger charge is -2.08. The molecular weight excluding hydrogens is 272 g/mol. The van der Waals surface area contributed by atoms with E-state index in [9.17, 15) is 0 Å². The van der Waals surface area contributed by atoms with Gasteiger partial charge < -0.3 is 4.57 Å². The minimum Gasteiger partial charge on any atom is -0.329 e. The molecule has 0 spiro atoms. The Morgan fingerprint density at radius 2 is 2.17 bits per heavy atom. The highest BCUT2D eigenvalue weighted by molar-refractivity contribution is 7.99. The maximum atomic E-state index is 6.10. The molecule has 3 heterocycles. The molecule has 8 heteroatoms. The maximum absolute atomic E-state index is 6.10. The normalized spacial score (nSPS) is 11.3. The van der Waals surface area contributed by atoms with Gasteiger partial charge in [-0.15, -0.1) is 0 Å². The summed E-state index contributed by atoms with van der Waals surface area (Å²) < 4.78 is 3.60. The van der Waals surface area contributed by atoms with Crippen molar-refractivity contribution in [2.45, 2.75) is 17.1 Å². The van der Waals surface area contributed by atoms with Gasteiger partial charge in [0.05, 0.1) is 0 Å². The van der Waals surface area contributed by atoms with Gasteiger partial charge in [0.2, 0.25) is 0 Å². The number of rotatable bonds is 2. The molecule has 0 N–H and O–H groups in total. The molecule has 6 nitrogen and oxygen atoms in total. The fourth-order valence-corrected chi connectivity index (χ4v) is 2.71. The highest BCUT2D eigenvalue weighted by Gasteiger charge is 2.15. The monoisotopic (exact) mass is 280 g/mol. The molecule has 0 aliphatic rings. The predicted octanol–water partition coefficient (Wildman–Crippen LogP) is 1.97. The van der Waals surface area contributed by atoms with E-state index in [2.05, 4.69) is 20.1 Å². The van der Waals surface area contributed by atoms with E-state index >= 15 is 0 Å². The number of imidazole rings is 1. The van der Waals surface area contributed by atoms with Crippen LogP contribution >= 0.6 is 23.4 Å². The van der Waals surface area contributed by atoms with Crippen molar-refractivity contribution in [2.75, 3.05) is 0 Å². The van der Waals surface area contributed by atoms with E-state index < -0.39 is 0 Å². The summed E-state index contributed by atoms with van der Waals surface area (Å²) in [6, 6.07) is 0. The second-order valence-corrected chi connectivity index (χ2v) is 5.04. The van der Waals surface area contributed by atoms with Crippen LogP contribution in [0.1, 0.15) is 5.56 Å². The van der Waals surface area contributed by atoms with Gasteiger partial charge >= 0.3 is 0 Å². The Bertz CT molecular complexity index is 718. The van der Waals surface area contributed by atoms with E-state index in [-0.39, 0.29) is 0 Å². The number of nitrogens with zero attached hydrogens (tertiary/aromatic N) is 6. The van der Waals surface area contributed by atoms with Crippen molar-refractivity contribution in [1.82, 2.24) is 29.1 Å². The van der Waals surface area contributed by atoms with Crippen molar-refractivity contribution < 1.29 is 0 Å². The Labute approximate surface area is 112 Å². The highest BCUT2D eigenvalue weighted by atomic mass is 35.5. The van der Waals surface area contributed by atoms with Gasteiger partial charge in [-0.2, -0.15) is 19.6 Å². The number of aryl methyl sites for hydroxylation is 1. The minimum absolute atomic E-state index is 0.437. The van der Waals surface area contributed by atoms with Gasteiger partial charge in [0, 0.05) is 25.0 Å². The molecular formula is C10H9ClN6S. The molecule has 0 fully saturated rings. The van der Waals surface area contributed by atoms with Crippen LogP contribution in [0, 0.1) is 6.92 Å². The summed E-state index contributed by atoms with van der Waals surface area (Å²) in [5.74, 6) is 0.488. The average molecular weight is 281 g/mol. The van der Waals surface area contributed by atoms with Crippen LogP contribution in [0.25, 0.3) is 5.78 Å². The number of hydrogen-bond acceptors (Lipinski definition) is 5. The first-order valence-electron chi connectivity index (χ1n) is 5.18. The topological polar surface area (TPSA) is 60.9 Å². The fourth-order valence-electron chi connectivity index (χ4n) is 1.53. The Hall–Kier alpha value is -1.60. The van der Waals surface area contributed by atoms with Crippen LogP contribution in [0.2, 0.25) is 5.15 Å². The van der Waals surface area contributed by atoms with Gasteiger partial charge in [0.15, 0.2) is 5.16 Å². The van der Waals surface area contributed by atoms with Crippen LogP contribution in [0.15, 0.2) is 28.9 Å². The zero-order valence-corrected chi connectivity index (χ0v) is 11.3. The molecule has 0 saturated carbocycles. The Morgan fingerprint density at radius 1 is 1.33 bits per heavy atom. The van der Waals surface area contributed by atoms with Gasteiger partial charge in [-0.3, -0.25) is 0 Å². The third-order valence-corrected chi connectivity index (χ3v) is 4.13. The molecule has 0 bridgehead atoms. The molecule has 3 aromatic heterocycles. The minimum atomic E-state index is 0.437. The van der Waals surface area contributed by atoms with Crippen LogP contribution in [-0.4, -0.2) is 29.1 Å². The van der Waals surface area contributed by atoms with Crippen molar-refractivity contribution in [3.63, 3.8) is 0 Å². The van der Waals surface area contributed by atoms with E-state index in [0.717, 1.165) is 15.7 Å². The molecule has 0 aromatic carbocycles. The van der Waals surface area contributed by atoms with E-state index in [1.807, 2.05) is 24.7 Å². The summed E-state index contributed by atoms with van der Waals surface area (Å²) in [4.78, 5) is 12.5. The van der Waals surface area contributed by atoms with Crippen LogP contribution < -0.4 is 0 Å². The molecule has 0 unspecified atom stereocenters. The predicted molar refractivity (Wildman–Crippen MR) is 67.9 cm³/mol. The zero-order chi connectivity index (χ0) is 12.7. The second kappa shape index (κ2) is 4.25. The van der Waals surface area contributed by atoms with Crippen LogP contribution in [0.5, 0.6) is 0 Å². The number of hydrogen-bond donors (Lipinski definition) is 0. The molecule has 0 amide bonds. The summed E-state index contributed by atoms with van der Waals surface area (Å²) in [7, 11) is 1.94. The number of halogens is 1. The summed E-state index contributed by atoms with van der Waals surface area (Å²) >= 11 is 7.58. The standard InChI is InChI=1S/C10H9ClN6S/c1-6-7(11)15-9-13-5-14-17(9)8(6)18-10-12-3-4-16(10)2/h3-5H,1-2H3. The van der Waals surface area contributed by atoms with E-state index in [4.69, 9.17) is 11.6 Å². The second-order valence-electron chi connectivity index (χ2n) is 3.73. The van der Waals surface area contributed by atoms with Gasteiger partial charge in [-0.05, 0) is 18.7 Å². The van der Waals surface area contributed by atoms with Crippen LogP contribution in [-0.2, 0) is 7.05 Å². The molecule has 18 heavy (non-hydrogen) atoms. The van der Waals surface area contributed by atoms with Crippen LogP contribution in [0.4, 0.5) is 0 Å². The van der Waals surface area contributed by atoms with Gasteiger partial charge in [-0.25, -0.2) is 4.98 Å². The summed E-state index contributed by atoms with van der Waals surface area (Å²) in [5.41, 5.74) is 0.864. The van der Waals surface area contributed by atoms with Crippen molar-refractivity contribution in [3.8, 4) is 0 Å². The average Bonchev–Trinajstić information content (AvgIpc) is 2.94. The molecule has 3 aromatic rings. The summed E-state index contributed by atoms with van der Waals surface area (Å²) in [6.07, 6.45) is 5.10. The Kier molecular flexibility index (Phi) is 2.71. The quantitative estimate of drug-likeness (QED) is 0.672. The van der Waals surface area contributed by atoms with E-state index in [1.165, 1.54) is 18.1 Å². The molecule has 0 atom stereocenters. The Balaban J connectivity index is 2.18. The van der Waals surface area contributed by atoms with Gasteiger partial charge in [0.25, 0.3) is 5.78 Å². The first kappa shape index (κ1) is 11.5. The third-order valence-electron chi connectivity index (χ3n) is 2.52. The van der Waals surface area contributed by atoms with E-state index in [1.54, 1.807) is 10.7 Å². The van der Waals surface area contributed by atoms with Crippen molar-refractivity contribution in [3.05, 3.63) is 29.4 Å². The van der Waals surface area contributed by atoms with Gasteiger partial charge in [-0.1, -0.05) is 11.6 Å². The lowest BCUT2D eigenvalue weighted by atomic mass is 10.4. The van der Waals surface area contributed by atoms with E-state index in [0.29, 0.717) is 10.9 Å². The summed E-state index contributed by atoms with van der Waals surface area (Å²) in [5, 5.41) is 6.33. The van der Waals surface area contributed by atoms with Crippen molar-refractivity contribution in [2.24, 2.45) is 7.05 Å². The number of aromatic nitrogens is 6. The fraction of sp³-hybridized carbons (Fsp3) is 0.200. The molecule has 0 aliphatic heterocycles. The molecule has 0 radical (unpaired) electrons. The largest absolute Gasteiger partial charge is 0.329 e. The molecule has 0 aliphatic carbocycles. The highest BCUT2D eigenvalue weighted by Crippen LogP contribution is 2.31. The van der Waals surface area contributed by atoms with Crippen LogP contribution in [0.3, 0.4) is 0 Å². The molecule has 0 saturated heterocycles. The Morgan fingerprint density at radius 3 is 2.89 bits per heavy atom. The van der Waals surface area contributed by atoms with Crippen molar-refractivity contribution in [1.29, 1.82) is 0 Å². The lowest BCUT2D eigenvalue weighted by Crippen LogP contribution is -2.01. The van der Waals surface area contributed by atoms with Crippen molar-refractivity contribution >= 4 is 29.1 Å². The first-order valence-corrected chi connectivity index (χ1v) is 6.37. The SMILES string of the molecule is Cc1c(Cl)nc2ncnn2c1Sc1nccn1C. The smallest absolute Gasteiger partial charge is 0.254 e. The first-order chi connectivity index (χ1) is 8.66. The molecule has 3 rings (SSSR count). The lowest BCUT2D eigenvalue weighted by molar-refractivity contribution is 0.776. The maximum Gasteiger partial charge on any atom is 0.254 e. The third kappa shape index (κ3) is 1.75. The molecule has 92 valence electrons. The van der Waals surface area contributed by atoms with Gasteiger partial charge in [0.1, 0.15) is 16.5 Å². The zero-order valence-electron chi connectivity index (χ0n) is 9.70.